The predicted octanol–water partition coefficient (Wildman–Crippen LogP) is 1.08. The van der Waals surface area contributed by atoms with E-state index in [1.165, 1.54) is 0 Å². The van der Waals surface area contributed by atoms with Gasteiger partial charge in [0, 0.05) is 44.7 Å². The molecule has 0 saturated heterocycles. The Morgan fingerprint density at radius 1 is 1.16 bits per heavy atom. The number of anilines is 1. The largest absolute Gasteiger partial charge is 0.385 e. The fourth-order valence-corrected chi connectivity index (χ4v) is 2.39. The molecule has 1 aromatic carbocycles. The molecule has 100 valence electrons. The van der Waals surface area contributed by atoms with Gasteiger partial charge in [-0.3, -0.25) is 0 Å². The molecule has 5 heteroatoms. The van der Waals surface area contributed by atoms with Gasteiger partial charge < -0.3 is 15.2 Å². The first-order valence-corrected chi connectivity index (χ1v) is 6.84. The van der Waals surface area contributed by atoms with Crippen LogP contribution in [0.15, 0.2) is 30.3 Å². The summed E-state index contributed by atoms with van der Waals surface area (Å²) in [5, 5.41) is 15.4. The van der Waals surface area contributed by atoms with Crippen LogP contribution in [0.1, 0.15) is 11.6 Å². The van der Waals surface area contributed by atoms with Crippen molar-refractivity contribution in [2.75, 3.05) is 25.0 Å². The lowest BCUT2D eigenvalue weighted by Crippen LogP contribution is -2.18. The standard InChI is InChI=1S/C14H19N5/c1-2-4-12(5-3-1)16-9-7-14-18-17-13-6-8-15-10-11-19(13)14/h1-5,15-16H,6-11H2. The number of nitrogens with zero attached hydrogens (tertiary/aromatic N) is 3. The van der Waals surface area contributed by atoms with Crippen molar-refractivity contribution in [3.05, 3.63) is 42.0 Å². The molecule has 1 aromatic heterocycles. The molecular formula is C14H19N5. The van der Waals surface area contributed by atoms with Crippen LogP contribution in [0.4, 0.5) is 5.69 Å². The zero-order chi connectivity index (χ0) is 12.9. The van der Waals surface area contributed by atoms with Gasteiger partial charge in [-0.25, -0.2) is 0 Å². The maximum Gasteiger partial charge on any atom is 0.134 e. The van der Waals surface area contributed by atoms with E-state index >= 15 is 0 Å². The molecule has 2 heterocycles. The molecule has 0 radical (unpaired) electrons. The molecule has 0 amide bonds. The lowest BCUT2D eigenvalue weighted by atomic mass is 10.3. The van der Waals surface area contributed by atoms with Crippen LogP contribution in [0.3, 0.4) is 0 Å². The van der Waals surface area contributed by atoms with E-state index in [9.17, 15) is 0 Å². The van der Waals surface area contributed by atoms with E-state index in [0.29, 0.717) is 0 Å². The first-order chi connectivity index (χ1) is 9.43. The highest BCUT2D eigenvalue weighted by molar-refractivity contribution is 5.42. The van der Waals surface area contributed by atoms with E-state index in [1.807, 2.05) is 18.2 Å². The first kappa shape index (κ1) is 12.2. The van der Waals surface area contributed by atoms with Gasteiger partial charge in [0.1, 0.15) is 11.6 Å². The predicted molar refractivity (Wildman–Crippen MR) is 75.2 cm³/mol. The third-order valence-electron chi connectivity index (χ3n) is 3.39. The average molecular weight is 257 g/mol. The molecule has 0 atom stereocenters. The number of hydrogen-bond donors (Lipinski definition) is 2. The molecule has 2 aromatic rings. The minimum atomic E-state index is 0.884. The maximum atomic E-state index is 4.32. The van der Waals surface area contributed by atoms with Crippen LogP contribution in [-0.2, 0) is 19.4 Å². The molecule has 1 aliphatic rings. The van der Waals surface area contributed by atoms with E-state index in [1.54, 1.807) is 0 Å². The van der Waals surface area contributed by atoms with Gasteiger partial charge in [-0.15, -0.1) is 10.2 Å². The monoisotopic (exact) mass is 257 g/mol. The van der Waals surface area contributed by atoms with Crippen molar-refractivity contribution >= 4 is 5.69 Å². The van der Waals surface area contributed by atoms with Crippen molar-refractivity contribution in [2.24, 2.45) is 0 Å². The Kier molecular flexibility index (Phi) is 3.74. The molecule has 5 nitrogen and oxygen atoms in total. The maximum absolute atomic E-state index is 4.32. The van der Waals surface area contributed by atoms with Crippen LogP contribution in [0.2, 0.25) is 0 Å². The van der Waals surface area contributed by atoms with Crippen LogP contribution in [0.25, 0.3) is 0 Å². The van der Waals surface area contributed by atoms with E-state index in [0.717, 1.165) is 56.4 Å². The number of para-hydroxylation sites is 1. The lowest BCUT2D eigenvalue weighted by molar-refractivity contribution is 0.618. The number of benzene rings is 1. The molecule has 0 fully saturated rings. The molecular weight excluding hydrogens is 238 g/mol. The topological polar surface area (TPSA) is 54.8 Å². The number of nitrogens with one attached hydrogen (secondary N) is 2. The van der Waals surface area contributed by atoms with Crippen molar-refractivity contribution in [3.8, 4) is 0 Å². The summed E-state index contributed by atoms with van der Waals surface area (Å²) in [6, 6.07) is 10.3. The molecule has 0 saturated carbocycles. The van der Waals surface area contributed by atoms with Gasteiger partial charge in [0.05, 0.1) is 0 Å². The molecule has 19 heavy (non-hydrogen) atoms. The molecule has 0 bridgehead atoms. The summed E-state index contributed by atoms with van der Waals surface area (Å²) in [6.07, 6.45) is 1.88. The van der Waals surface area contributed by atoms with Crippen LogP contribution < -0.4 is 10.6 Å². The number of rotatable bonds is 4. The fraction of sp³-hybridized carbons (Fsp3) is 0.429. The second-order valence-corrected chi connectivity index (χ2v) is 4.73. The van der Waals surface area contributed by atoms with E-state index < -0.39 is 0 Å². The van der Waals surface area contributed by atoms with Gasteiger partial charge in [-0.05, 0) is 12.1 Å². The molecule has 0 unspecified atom stereocenters. The summed E-state index contributed by atoms with van der Waals surface area (Å²) >= 11 is 0. The van der Waals surface area contributed by atoms with E-state index in [2.05, 4.69) is 37.5 Å². The summed E-state index contributed by atoms with van der Waals surface area (Å²) < 4.78 is 2.26. The van der Waals surface area contributed by atoms with Crippen molar-refractivity contribution in [3.63, 3.8) is 0 Å². The van der Waals surface area contributed by atoms with Gasteiger partial charge in [0.15, 0.2) is 0 Å². The Bertz CT molecular complexity index is 520. The summed E-state index contributed by atoms with van der Waals surface area (Å²) in [5.74, 6) is 2.20. The van der Waals surface area contributed by atoms with Gasteiger partial charge >= 0.3 is 0 Å². The van der Waals surface area contributed by atoms with E-state index in [-0.39, 0.29) is 0 Å². The van der Waals surface area contributed by atoms with Crippen LogP contribution in [0.5, 0.6) is 0 Å². The second-order valence-electron chi connectivity index (χ2n) is 4.73. The Morgan fingerprint density at radius 2 is 2.05 bits per heavy atom. The summed E-state index contributed by atoms with van der Waals surface area (Å²) in [5.41, 5.74) is 1.15. The lowest BCUT2D eigenvalue weighted by Gasteiger charge is -2.08. The Labute approximate surface area is 113 Å². The Balaban J connectivity index is 1.60. The fourth-order valence-electron chi connectivity index (χ4n) is 2.39. The molecule has 0 spiro atoms. The zero-order valence-electron chi connectivity index (χ0n) is 11.0. The smallest absolute Gasteiger partial charge is 0.134 e. The highest BCUT2D eigenvalue weighted by Crippen LogP contribution is 2.08. The molecule has 1 aliphatic heterocycles. The number of hydrogen-bond acceptors (Lipinski definition) is 4. The van der Waals surface area contributed by atoms with Gasteiger partial charge in [-0.1, -0.05) is 18.2 Å². The van der Waals surface area contributed by atoms with Crippen molar-refractivity contribution in [1.82, 2.24) is 20.1 Å². The van der Waals surface area contributed by atoms with Gasteiger partial charge in [0.2, 0.25) is 0 Å². The molecule has 0 aliphatic carbocycles. The van der Waals surface area contributed by atoms with Gasteiger partial charge in [-0.2, -0.15) is 0 Å². The second kappa shape index (κ2) is 5.84. The van der Waals surface area contributed by atoms with E-state index in [4.69, 9.17) is 0 Å². The van der Waals surface area contributed by atoms with Crippen molar-refractivity contribution < 1.29 is 0 Å². The highest BCUT2D eigenvalue weighted by Gasteiger charge is 2.13. The summed E-state index contributed by atoms with van der Waals surface area (Å²) in [7, 11) is 0. The van der Waals surface area contributed by atoms with Crippen molar-refractivity contribution in [2.45, 2.75) is 19.4 Å². The minimum Gasteiger partial charge on any atom is -0.385 e. The van der Waals surface area contributed by atoms with Crippen LogP contribution >= 0.6 is 0 Å². The molecule has 3 rings (SSSR count). The highest BCUT2D eigenvalue weighted by atomic mass is 15.3. The first-order valence-electron chi connectivity index (χ1n) is 6.84. The Hall–Kier alpha value is -1.88. The zero-order valence-corrected chi connectivity index (χ0v) is 11.0. The van der Waals surface area contributed by atoms with Crippen LogP contribution in [-0.4, -0.2) is 34.4 Å². The third-order valence-corrected chi connectivity index (χ3v) is 3.39. The Morgan fingerprint density at radius 3 is 2.95 bits per heavy atom. The number of fused-ring (bicyclic) bond motifs is 1. The molecule has 2 N–H and O–H groups in total. The normalized spacial score (nSPS) is 14.7. The summed E-state index contributed by atoms with van der Waals surface area (Å²) in [4.78, 5) is 0. The number of aromatic nitrogens is 3. The minimum absolute atomic E-state index is 0.884. The van der Waals surface area contributed by atoms with Gasteiger partial charge in [0.25, 0.3) is 0 Å². The van der Waals surface area contributed by atoms with Crippen LogP contribution in [0, 0.1) is 0 Å². The van der Waals surface area contributed by atoms with Crippen molar-refractivity contribution in [1.29, 1.82) is 0 Å². The summed E-state index contributed by atoms with van der Waals surface area (Å²) in [6.45, 7) is 3.86. The quantitative estimate of drug-likeness (QED) is 0.860. The SMILES string of the molecule is c1ccc(NCCc2nnc3n2CCNCC3)cc1. The third kappa shape index (κ3) is 2.93. The average Bonchev–Trinajstić information content (AvgIpc) is 2.69.